The van der Waals surface area contributed by atoms with Crippen LogP contribution in [0.4, 0.5) is 43.9 Å². The fraction of sp³-hybridized carbons (Fsp3) is 0.0667. The van der Waals surface area contributed by atoms with Gasteiger partial charge in [0.05, 0.1) is 39.2 Å². The zero-order chi connectivity index (χ0) is 34.7. The summed E-state index contributed by atoms with van der Waals surface area (Å²) in [5.74, 6) is -15.6. The van der Waals surface area contributed by atoms with Crippen molar-refractivity contribution in [2.45, 2.75) is 12.3 Å². The molecule has 0 fully saturated rings. The van der Waals surface area contributed by atoms with E-state index in [-0.39, 0.29) is 9.75 Å². The molecular weight excluding hydrogens is 998 g/mol. The summed E-state index contributed by atoms with van der Waals surface area (Å²) in [6.07, 6.45) is -6.01. The van der Waals surface area contributed by atoms with Crippen LogP contribution in [0.3, 0.4) is 0 Å². The summed E-state index contributed by atoms with van der Waals surface area (Å²) in [4.78, 5) is 1.15. The minimum Gasteiger partial charge on any atom is -0.236 e. The van der Waals surface area contributed by atoms with Gasteiger partial charge in [0.1, 0.15) is 5.83 Å². The predicted molar refractivity (Wildman–Crippen MR) is 187 cm³/mol. The van der Waals surface area contributed by atoms with E-state index in [9.17, 15) is 43.9 Å². The maximum absolute atomic E-state index is 14.5. The lowest BCUT2D eigenvalue weighted by atomic mass is 9.99. The van der Waals surface area contributed by atoms with E-state index in [1.54, 1.807) is 12.1 Å². The van der Waals surface area contributed by atoms with Crippen LogP contribution in [0.1, 0.15) is 4.88 Å². The summed E-state index contributed by atoms with van der Waals surface area (Å²) in [7, 11) is 0. The monoisotopic (exact) mass is 1000 g/mol. The molecule has 0 spiro atoms. The SMILES string of the molecule is FC1=C(F)C(F)C(F)C(F)=C1c1cc2sc(-c3cc(Br)c(-c4sc5cc(-c6c(F)c(F)c(F)c(F)c6F)sc5c4Br)cc3Br)c(Br)c2s1. The summed E-state index contributed by atoms with van der Waals surface area (Å²) in [5.41, 5.74) is -0.578. The van der Waals surface area contributed by atoms with Crippen molar-refractivity contribution >= 4 is 133 Å². The minimum atomic E-state index is -3.05. The van der Waals surface area contributed by atoms with Crippen LogP contribution in [-0.4, -0.2) is 12.3 Å². The standard InChI is InChI=1S/C30H6Br4F10S4/c31-7-1-5(27-15(33)29-11(47-27)3-9(45-29)13-17(35)21(39)25(43)22(40)18(13)36)8(32)2-6(7)28-16(34)30-12(48-28)4-10(46-30)14-19(37)23(41)26(44)24(42)20(14)38/h1-4,21,25H. The first-order chi connectivity index (χ1) is 22.6. The third-order valence-electron chi connectivity index (χ3n) is 7.28. The number of hydrogen-bond donors (Lipinski definition) is 0. The van der Waals surface area contributed by atoms with E-state index in [1.807, 2.05) is 0 Å². The summed E-state index contributed by atoms with van der Waals surface area (Å²) in [5, 5.41) is 0. The summed E-state index contributed by atoms with van der Waals surface area (Å²) in [6, 6.07) is 6.33. The van der Waals surface area contributed by atoms with Gasteiger partial charge in [-0.3, -0.25) is 0 Å². The fourth-order valence-corrected chi connectivity index (χ4v) is 13.4. The van der Waals surface area contributed by atoms with Gasteiger partial charge in [-0.15, -0.1) is 45.3 Å². The van der Waals surface area contributed by atoms with E-state index in [0.717, 1.165) is 22.7 Å². The molecule has 7 rings (SSSR count). The Labute approximate surface area is 311 Å². The van der Waals surface area contributed by atoms with E-state index in [1.165, 1.54) is 34.8 Å². The molecule has 0 radical (unpaired) electrons. The van der Waals surface area contributed by atoms with E-state index < -0.39 is 70.0 Å². The van der Waals surface area contributed by atoms with Gasteiger partial charge in [-0.05, 0) is 56.1 Å². The van der Waals surface area contributed by atoms with Gasteiger partial charge < -0.3 is 0 Å². The molecule has 0 saturated carbocycles. The first-order valence-corrected chi connectivity index (χ1v) is 19.2. The first-order valence-electron chi connectivity index (χ1n) is 12.8. The molecule has 1 aliphatic carbocycles. The molecule has 48 heavy (non-hydrogen) atoms. The van der Waals surface area contributed by atoms with Gasteiger partial charge in [-0.2, -0.15) is 0 Å². The number of alkyl halides is 2. The van der Waals surface area contributed by atoms with Crippen LogP contribution in [-0.2, 0) is 0 Å². The van der Waals surface area contributed by atoms with Gasteiger partial charge >= 0.3 is 0 Å². The number of benzene rings is 2. The Morgan fingerprint density at radius 1 is 0.500 bits per heavy atom. The smallest absolute Gasteiger partial charge is 0.200 e. The average molecular weight is 1000 g/mol. The van der Waals surface area contributed by atoms with Crippen LogP contribution in [0, 0.1) is 29.1 Å². The molecule has 1 aliphatic rings. The predicted octanol–water partition coefficient (Wildman–Crippen LogP) is 15.5. The molecule has 0 nitrogen and oxygen atoms in total. The van der Waals surface area contributed by atoms with E-state index in [4.69, 9.17) is 0 Å². The molecule has 4 heterocycles. The highest BCUT2D eigenvalue weighted by Gasteiger charge is 2.41. The number of fused-ring (bicyclic) bond motifs is 2. The topological polar surface area (TPSA) is 0 Å². The van der Waals surface area contributed by atoms with E-state index in [2.05, 4.69) is 63.7 Å². The highest BCUT2D eigenvalue weighted by atomic mass is 79.9. The Hall–Kier alpha value is -1.54. The van der Waals surface area contributed by atoms with Crippen LogP contribution < -0.4 is 0 Å². The van der Waals surface area contributed by atoms with Crippen LogP contribution in [0.5, 0.6) is 0 Å². The van der Waals surface area contributed by atoms with E-state index in [0.29, 0.717) is 57.6 Å². The van der Waals surface area contributed by atoms with Crippen molar-refractivity contribution < 1.29 is 43.9 Å². The Kier molecular flexibility index (Phi) is 9.16. The molecule has 0 saturated heterocycles. The second-order valence-corrected chi connectivity index (χ2v) is 17.5. The number of rotatable bonds is 4. The molecule has 0 amide bonds. The van der Waals surface area contributed by atoms with Crippen molar-refractivity contribution in [1.29, 1.82) is 0 Å². The highest BCUT2D eigenvalue weighted by Crippen LogP contribution is 2.54. The third-order valence-corrected chi connectivity index (χ3v) is 16.2. The van der Waals surface area contributed by atoms with Crippen molar-refractivity contribution in [3.8, 4) is 31.3 Å². The molecule has 4 aromatic heterocycles. The number of halogens is 14. The summed E-state index contributed by atoms with van der Waals surface area (Å²) in [6.45, 7) is 0. The maximum atomic E-state index is 14.5. The number of allylic oxidation sites excluding steroid dienone is 4. The maximum Gasteiger partial charge on any atom is 0.200 e. The molecule has 2 atom stereocenters. The molecule has 0 aliphatic heterocycles. The zero-order valence-corrected chi connectivity index (χ0v) is 32.0. The third kappa shape index (κ3) is 5.25. The lowest BCUT2D eigenvalue weighted by molar-refractivity contribution is 0.170. The van der Waals surface area contributed by atoms with Crippen molar-refractivity contribution in [2.24, 2.45) is 0 Å². The van der Waals surface area contributed by atoms with Gasteiger partial charge in [-0.25, -0.2) is 43.9 Å². The van der Waals surface area contributed by atoms with Crippen molar-refractivity contribution in [3.05, 3.63) is 93.6 Å². The Bertz CT molecular complexity index is 2410. The van der Waals surface area contributed by atoms with Crippen molar-refractivity contribution in [1.82, 2.24) is 0 Å². The zero-order valence-electron chi connectivity index (χ0n) is 22.4. The fourth-order valence-electron chi connectivity index (χ4n) is 5.00. The van der Waals surface area contributed by atoms with Crippen LogP contribution >= 0.6 is 109 Å². The number of thiophene rings is 4. The summed E-state index contributed by atoms with van der Waals surface area (Å²) >= 11 is 18.4. The normalized spacial score (nSPS) is 17.2. The molecule has 2 aromatic carbocycles. The Balaban J connectivity index is 1.26. The summed E-state index contributed by atoms with van der Waals surface area (Å²) < 4.78 is 145. The van der Waals surface area contributed by atoms with Crippen LogP contribution in [0.2, 0.25) is 0 Å². The molecule has 6 aromatic rings. The van der Waals surface area contributed by atoms with Gasteiger partial charge in [0, 0.05) is 39.2 Å². The van der Waals surface area contributed by atoms with Gasteiger partial charge in [0.2, 0.25) is 5.82 Å². The van der Waals surface area contributed by atoms with Crippen molar-refractivity contribution in [2.75, 3.05) is 0 Å². The highest BCUT2D eigenvalue weighted by molar-refractivity contribution is 9.11. The van der Waals surface area contributed by atoms with Crippen molar-refractivity contribution in [3.63, 3.8) is 0 Å². The molecule has 0 bridgehead atoms. The van der Waals surface area contributed by atoms with Gasteiger partial charge in [0.25, 0.3) is 0 Å². The Morgan fingerprint density at radius 2 is 0.917 bits per heavy atom. The van der Waals surface area contributed by atoms with Crippen LogP contribution in [0.25, 0.3) is 55.7 Å². The molecule has 248 valence electrons. The van der Waals surface area contributed by atoms with E-state index >= 15 is 0 Å². The lowest BCUT2D eigenvalue weighted by Crippen LogP contribution is -2.24. The quantitative estimate of drug-likeness (QED) is 0.0938. The molecule has 0 N–H and O–H groups in total. The largest absolute Gasteiger partial charge is 0.236 e. The lowest BCUT2D eigenvalue weighted by Gasteiger charge is -2.19. The van der Waals surface area contributed by atoms with Gasteiger partial charge in [-0.1, -0.05) is 31.9 Å². The molecular formula is C30H6Br4F10S4. The second kappa shape index (κ2) is 12.6. The Morgan fingerprint density at radius 3 is 1.40 bits per heavy atom. The first kappa shape index (κ1) is 34.9. The average Bonchev–Trinajstić information content (AvgIpc) is 3.80. The molecule has 2 unspecified atom stereocenters. The minimum absolute atomic E-state index is 0.107. The van der Waals surface area contributed by atoms with Gasteiger partial charge in [0.15, 0.2) is 47.3 Å². The van der Waals surface area contributed by atoms with Crippen LogP contribution in [0.15, 0.2) is 59.6 Å². The second-order valence-electron chi connectivity index (χ2n) is 10.0. The number of hydrogen-bond acceptors (Lipinski definition) is 4. The molecule has 18 heteroatoms.